The van der Waals surface area contributed by atoms with Gasteiger partial charge in [-0.15, -0.1) is 0 Å². The van der Waals surface area contributed by atoms with Crippen LogP contribution in [0.25, 0.3) is 0 Å². The Labute approximate surface area is 109 Å². The van der Waals surface area contributed by atoms with Gasteiger partial charge in [0.25, 0.3) is 0 Å². The van der Waals surface area contributed by atoms with Crippen LogP contribution in [0.1, 0.15) is 31.9 Å². The molecule has 1 aromatic rings. The van der Waals surface area contributed by atoms with E-state index in [1.54, 1.807) is 6.20 Å². The summed E-state index contributed by atoms with van der Waals surface area (Å²) in [4.78, 5) is 4.13. The van der Waals surface area contributed by atoms with Gasteiger partial charge in [-0.25, -0.2) is 13.1 Å². The summed E-state index contributed by atoms with van der Waals surface area (Å²) in [6.45, 7) is 2.17. The van der Waals surface area contributed by atoms with E-state index in [9.17, 15) is 8.42 Å². The van der Waals surface area contributed by atoms with E-state index < -0.39 is 10.0 Å². The summed E-state index contributed by atoms with van der Waals surface area (Å²) < 4.78 is 26.7. The second-order valence-corrected chi connectivity index (χ2v) is 7.00. The van der Waals surface area contributed by atoms with Crippen molar-refractivity contribution in [3.05, 3.63) is 30.1 Å². The van der Waals surface area contributed by atoms with Crippen LogP contribution >= 0.6 is 0 Å². The summed E-state index contributed by atoms with van der Waals surface area (Å²) in [6.07, 6.45) is 5.20. The number of hydrogen-bond donors (Lipinski definition) is 1. The van der Waals surface area contributed by atoms with Crippen molar-refractivity contribution < 1.29 is 8.42 Å². The first-order valence-electron chi connectivity index (χ1n) is 6.45. The van der Waals surface area contributed by atoms with Crippen LogP contribution in [0, 0.1) is 5.92 Å². The quantitative estimate of drug-likeness (QED) is 0.884. The first-order valence-corrected chi connectivity index (χ1v) is 8.10. The number of aromatic nitrogens is 1. The Morgan fingerprint density at radius 2 is 2.22 bits per heavy atom. The van der Waals surface area contributed by atoms with Crippen LogP contribution in [0.5, 0.6) is 0 Å². The first kappa shape index (κ1) is 13.5. The Morgan fingerprint density at radius 1 is 1.39 bits per heavy atom. The number of nitrogens with one attached hydrogen (secondary N) is 1. The second kappa shape index (κ2) is 5.80. The maximum absolute atomic E-state index is 11.9. The molecule has 0 spiro atoms. The summed E-state index contributed by atoms with van der Waals surface area (Å²) in [6, 6.07) is 5.69. The molecule has 1 aliphatic rings. The zero-order valence-electron chi connectivity index (χ0n) is 10.7. The van der Waals surface area contributed by atoms with Gasteiger partial charge in [-0.1, -0.05) is 13.0 Å². The molecule has 1 heterocycles. The second-order valence-electron chi connectivity index (χ2n) is 5.12. The Balaban J connectivity index is 1.84. The lowest BCUT2D eigenvalue weighted by molar-refractivity contribution is 0.538. The van der Waals surface area contributed by atoms with Gasteiger partial charge in [-0.2, -0.15) is 0 Å². The molecule has 100 valence electrons. The fourth-order valence-corrected chi connectivity index (χ4v) is 3.73. The predicted molar refractivity (Wildman–Crippen MR) is 71.7 cm³/mol. The van der Waals surface area contributed by atoms with Gasteiger partial charge in [0, 0.05) is 24.4 Å². The van der Waals surface area contributed by atoms with Crippen LogP contribution in [-0.4, -0.2) is 25.2 Å². The minimum absolute atomic E-state index is 0.120. The molecule has 0 aliphatic heterocycles. The Hall–Kier alpha value is -0.940. The van der Waals surface area contributed by atoms with Gasteiger partial charge in [0.05, 0.1) is 5.75 Å². The topological polar surface area (TPSA) is 59.1 Å². The molecule has 0 bridgehead atoms. The highest BCUT2D eigenvalue weighted by Crippen LogP contribution is 2.25. The van der Waals surface area contributed by atoms with Crippen molar-refractivity contribution in [1.82, 2.24) is 9.71 Å². The fraction of sp³-hybridized carbons (Fsp3) is 0.615. The summed E-state index contributed by atoms with van der Waals surface area (Å²) in [5.41, 5.74) is 0.822. The number of nitrogens with zero attached hydrogens (tertiary/aromatic N) is 1. The van der Waals surface area contributed by atoms with Gasteiger partial charge >= 0.3 is 0 Å². The lowest BCUT2D eigenvalue weighted by Crippen LogP contribution is -2.35. The molecule has 2 atom stereocenters. The van der Waals surface area contributed by atoms with E-state index in [1.165, 1.54) is 0 Å². The summed E-state index contributed by atoms with van der Waals surface area (Å²) in [5, 5.41) is 0. The maximum Gasteiger partial charge on any atom is 0.212 e. The average molecular weight is 268 g/mol. The highest BCUT2D eigenvalue weighted by molar-refractivity contribution is 7.89. The first-order chi connectivity index (χ1) is 8.55. The molecule has 1 fully saturated rings. The van der Waals surface area contributed by atoms with E-state index in [-0.39, 0.29) is 11.8 Å². The van der Waals surface area contributed by atoms with Crippen molar-refractivity contribution in [2.45, 2.75) is 38.6 Å². The SMILES string of the molecule is CC1CCC(NS(=O)(=O)CCc2ccccn2)C1. The van der Waals surface area contributed by atoms with Crippen molar-refractivity contribution >= 4 is 10.0 Å². The Morgan fingerprint density at radius 3 is 2.83 bits per heavy atom. The summed E-state index contributed by atoms with van der Waals surface area (Å²) in [5.74, 6) is 0.753. The van der Waals surface area contributed by atoms with Crippen molar-refractivity contribution in [3.63, 3.8) is 0 Å². The zero-order valence-corrected chi connectivity index (χ0v) is 11.5. The van der Waals surface area contributed by atoms with Gasteiger partial charge < -0.3 is 0 Å². The van der Waals surface area contributed by atoms with Crippen LogP contribution in [-0.2, 0) is 16.4 Å². The molecule has 2 unspecified atom stereocenters. The zero-order chi connectivity index (χ0) is 13.0. The molecule has 1 aliphatic carbocycles. The molecule has 18 heavy (non-hydrogen) atoms. The molecular weight excluding hydrogens is 248 g/mol. The molecular formula is C13H20N2O2S. The lowest BCUT2D eigenvalue weighted by atomic mass is 10.1. The van der Waals surface area contributed by atoms with E-state index in [0.717, 1.165) is 25.0 Å². The normalized spacial score (nSPS) is 24.3. The molecule has 0 saturated heterocycles. The highest BCUT2D eigenvalue weighted by Gasteiger charge is 2.25. The van der Waals surface area contributed by atoms with Gasteiger partial charge in [-0.3, -0.25) is 4.98 Å². The average Bonchev–Trinajstić information content (AvgIpc) is 2.73. The number of sulfonamides is 1. The highest BCUT2D eigenvalue weighted by atomic mass is 32.2. The molecule has 4 nitrogen and oxygen atoms in total. The third kappa shape index (κ3) is 4.07. The third-order valence-corrected chi connectivity index (χ3v) is 4.83. The number of pyridine rings is 1. The summed E-state index contributed by atoms with van der Waals surface area (Å²) in [7, 11) is -3.18. The van der Waals surface area contributed by atoms with E-state index in [0.29, 0.717) is 12.3 Å². The predicted octanol–water partition coefficient (Wildman–Crippen LogP) is 1.73. The number of aryl methyl sites for hydroxylation is 1. The Kier molecular flexibility index (Phi) is 4.35. The maximum atomic E-state index is 11.9. The number of hydrogen-bond acceptors (Lipinski definition) is 3. The van der Waals surface area contributed by atoms with Crippen molar-refractivity contribution in [1.29, 1.82) is 0 Å². The third-order valence-electron chi connectivity index (χ3n) is 3.39. The van der Waals surface area contributed by atoms with Crippen LogP contribution in [0.2, 0.25) is 0 Å². The van der Waals surface area contributed by atoms with Gasteiger partial charge in [0.1, 0.15) is 0 Å². The van der Waals surface area contributed by atoms with Crippen LogP contribution in [0.3, 0.4) is 0 Å². The molecule has 1 saturated carbocycles. The molecule has 0 amide bonds. The molecule has 5 heteroatoms. The monoisotopic (exact) mass is 268 g/mol. The largest absolute Gasteiger partial charge is 0.261 e. The smallest absolute Gasteiger partial charge is 0.212 e. The van der Waals surface area contributed by atoms with Crippen LogP contribution < -0.4 is 4.72 Å². The van der Waals surface area contributed by atoms with Crippen LogP contribution in [0.4, 0.5) is 0 Å². The molecule has 0 radical (unpaired) electrons. The van der Waals surface area contributed by atoms with E-state index in [1.807, 2.05) is 18.2 Å². The van der Waals surface area contributed by atoms with Gasteiger partial charge in [-0.05, 0) is 37.3 Å². The molecule has 0 aromatic carbocycles. The van der Waals surface area contributed by atoms with Crippen molar-refractivity contribution in [2.75, 3.05) is 5.75 Å². The minimum atomic E-state index is -3.18. The Bertz CT molecular complexity index is 473. The van der Waals surface area contributed by atoms with Gasteiger partial charge in [0.2, 0.25) is 10.0 Å². The molecule has 2 rings (SSSR count). The van der Waals surface area contributed by atoms with Crippen molar-refractivity contribution in [2.24, 2.45) is 5.92 Å². The van der Waals surface area contributed by atoms with Gasteiger partial charge in [0.15, 0.2) is 0 Å². The number of rotatable bonds is 5. The minimum Gasteiger partial charge on any atom is -0.261 e. The van der Waals surface area contributed by atoms with Crippen LogP contribution in [0.15, 0.2) is 24.4 Å². The fourth-order valence-electron chi connectivity index (χ4n) is 2.41. The van der Waals surface area contributed by atoms with E-state index in [4.69, 9.17) is 0 Å². The summed E-state index contributed by atoms with van der Waals surface area (Å²) >= 11 is 0. The molecule has 1 aromatic heterocycles. The molecule has 1 N–H and O–H groups in total. The lowest BCUT2D eigenvalue weighted by Gasteiger charge is -2.12. The standard InChI is InChI=1S/C13H20N2O2S/c1-11-5-6-13(10-11)15-18(16,17)9-7-12-4-2-3-8-14-12/h2-4,8,11,13,15H,5-7,9-10H2,1H3. The van der Waals surface area contributed by atoms with E-state index in [2.05, 4.69) is 16.6 Å². The van der Waals surface area contributed by atoms with Crippen molar-refractivity contribution in [3.8, 4) is 0 Å². The van der Waals surface area contributed by atoms with E-state index >= 15 is 0 Å².